The average Bonchev–Trinajstić information content (AvgIpc) is 2.13. The molecular formula is C6H11NO2. The monoisotopic (exact) mass is 129 g/mol. The molecule has 0 aromatic carbocycles. The van der Waals surface area contributed by atoms with E-state index in [2.05, 4.69) is 0 Å². The minimum absolute atomic E-state index is 0.0344. The molecule has 0 aromatic heterocycles. The van der Waals surface area contributed by atoms with Crippen molar-refractivity contribution in [3.05, 3.63) is 0 Å². The maximum atomic E-state index is 8.58. The van der Waals surface area contributed by atoms with E-state index in [1.54, 1.807) is 0 Å². The molecule has 1 saturated heterocycles. The molecule has 0 aromatic rings. The fourth-order valence-corrected chi connectivity index (χ4v) is 0.938. The van der Waals surface area contributed by atoms with Crippen LogP contribution in [0.4, 0.5) is 0 Å². The van der Waals surface area contributed by atoms with Crippen molar-refractivity contribution in [2.24, 2.45) is 0 Å². The largest absolute Gasteiger partial charge is 0.394 e. The molecule has 3 heteroatoms. The summed E-state index contributed by atoms with van der Waals surface area (Å²) in [6, 6.07) is 0. The molecule has 52 valence electrons. The summed E-state index contributed by atoms with van der Waals surface area (Å²) in [5.74, 6) is 0. The van der Waals surface area contributed by atoms with Crippen molar-refractivity contribution < 1.29 is 9.84 Å². The zero-order chi connectivity index (χ0) is 6.85. The Bertz CT molecular complexity index is 124. The number of aliphatic hydroxyl groups excluding tert-OH is 1. The Kier molecular flexibility index (Phi) is 1.83. The summed E-state index contributed by atoms with van der Waals surface area (Å²) < 4.78 is 5.15. The fourth-order valence-electron chi connectivity index (χ4n) is 0.938. The van der Waals surface area contributed by atoms with E-state index < -0.39 is 0 Å². The zero-order valence-electron chi connectivity index (χ0n) is 5.42. The molecule has 2 N–H and O–H groups in total. The van der Waals surface area contributed by atoms with Crippen LogP contribution in [0.5, 0.6) is 0 Å². The average molecular weight is 129 g/mol. The quantitative estimate of drug-likeness (QED) is 0.530. The number of hydrogen-bond acceptors (Lipinski definition) is 3. The third-order valence-electron chi connectivity index (χ3n) is 1.54. The predicted molar refractivity (Wildman–Crippen MR) is 33.8 cm³/mol. The molecular weight excluding hydrogens is 118 g/mol. The van der Waals surface area contributed by atoms with Gasteiger partial charge >= 0.3 is 0 Å². The third-order valence-corrected chi connectivity index (χ3v) is 1.54. The Labute approximate surface area is 54.2 Å². The van der Waals surface area contributed by atoms with Crippen LogP contribution in [0.25, 0.3) is 0 Å². The highest BCUT2D eigenvalue weighted by Gasteiger charge is 2.25. The number of hydrogen-bond donors (Lipinski definition) is 2. The first kappa shape index (κ1) is 6.71. The summed E-state index contributed by atoms with van der Waals surface area (Å²) in [6.45, 7) is 1.87. The van der Waals surface area contributed by atoms with Gasteiger partial charge in [0.15, 0.2) is 0 Å². The van der Waals surface area contributed by atoms with Crippen molar-refractivity contribution in [3.8, 4) is 0 Å². The van der Waals surface area contributed by atoms with E-state index in [9.17, 15) is 0 Å². The summed E-state index contributed by atoms with van der Waals surface area (Å²) in [6.07, 6.45) is 0.396. The van der Waals surface area contributed by atoms with Crippen LogP contribution in [0.2, 0.25) is 0 Å². The van der Waals surface area contributed by atoms with Gasteiger partial charge in [0.05, 0.1) is 18.8 Å². The molecule has 9 heavy (non-hydrogen) atoms. The second-order valence-corrected chi connectivity index (χ2v) is 2.31. The third kappa shape index (κ3) is 1.28. The van der Waals surface area contributed by atoms with Crippen molar-refractivity contribution in [3.63, 3.8) is 0 Å². The SMILES string of the molecule is C[C@@H]1O[C@H](CO)CC1=N. The maximum Gasteiger partial charge on any atom is 0.0926 e. The second-order valence-electron chi connectivity index (χ2n) is 2.31. The van der Waals surface area contributed by atoms with Gasteiger partial charge in [-0.15, -0.1) is 0 Å². The van der Waals surface area contributed by atoms with Gasteiger partial charge in [-0.3, -0.25) is 0 Å². The molecule has 1 rings (SSSR count). The molecule has 2 atom stereocenters. The van der Waals surface area contributed by atoms with E-state index in [1.807, 2.05) is 6.92 Å². The summed E-state index contributed by atoms with van der Waals surface area (Å²) in [7, 11) is 0. The molecule has 0 aliphatic carbocycles. The second kappa shape index (κ2) is 2.45. The van der Waals surface area contributed by atoms with Crippen molar-refractivity contribution in [2.45, 2.75) is 25.6 Å². The molecule has 0 bridgehead atoms. The molecule has 1 aliphatic rings. The first-order chi connectivity index (χ1) is 4.24. The van der Waals surface area contributed by atoms with Crippen LogP contribution in [-0.4, -0.2) is 29.6 Å². The Hall–Kier alpha value is -0.410. The van der Waals surface area contributed by atoms with Crippen LogP contribution >= 0.6 is 0 Å². The highest BCUT2D eigenvalue weighted by Crippen LogP contribution is 2.14. The molecule has 1 fully saturated rings. The van der Waals surface area contributed by atoms with E-state index in [4.69, 9.17) is 15.3 Å². The van der Waals surface area contributed by atoms with E-state index in [0.717, 1.165) is 0 Å². The van der Waals surface area contributed by atoms with Crippen molar-refractivity contribution in [1.29, 1.82) is 5.41 Å². The van der Waals surface area contributed by atoms with E-state index in [0.29, 0.717) is 12.1 Å². The van der Waals surface area contributed by atoms with Crippen LogP contribution in [-0.2, 0) is 4.74 Å². The van der Waals surface area contributed by atoms with Gasteiger partial charge in [-0.1, -0.05) is 0 Å². The Balaban J connectivity index is 2.44. The first-order valence-corrected chi connectivity index (χ1v) is 3.07. The standard InChI is InChI=1S/C6H11NO2/c1-4-6(7)2-5(3-8)9-4/h4-5,7-8H,2-3H2,1H3/t4-,5-/m0/s1. The maximum absolute atomic E-state index is 8.58. The van der Waals surface area contributed by atoms with Gasteiger partial charge in [0.1, 0.15) is 0 Å². The van der Waals surface area contributed by atoms with Crippen molar-refractivity contribution in [1.82, 2.24) is 0 Å². The smallest absolute Gasteiger partial charge is 0.0926 e. The van der Waals surface area contributed by atoms with Gasteiger partial charge in [-0.25, -0.2) is 0 Å². The summed E-state index contributed by atoms with van der Waals surface area (Å²) in [5, 5.41) is 15.8. The lowest BCUT2D eigenvalue weighted by atomic mass is 10.2. The van der Waals surface area contributed by atoms with E-state index in [-0.39, 0.29) is 18.8 Å². The molecule has 0 amide bonds. The first-order valence-electron chi connectivity index (χ1n) is 3.07. The molecule has 3 nitrogen and oxygen atoms in total. The highest BCUT2D eigenvalue weighted by atomic mass is 16.5. The van der Waals surface area contributed by atoms with Gasteiger partial charge in [-0.2, -0.15) is 0 Å². The minimum Gasteiger partial charge on any atom is -0.394 e. The van der Waals surface area contributed by atoms with Crippen LogP contribution in [0.15, 0.2) is 0 Å². The fraction of sp³-hybridized carbons (Fsp3) is 0.833. The lowest BCUT2D eigenvalue weighted by Crippen LogP contribution is -2.12. The number of rotatable bonds is 1. The molecule has 0 radical (unpaired) electrons. The molecule has 0 unspecified atom stereocenters. The van der Waals surface area contributed by atoms with E-state index in [1.165, 1.54) is 0 Å². The van der Waals surface area contributed by atoms with Gasteiger partial charge in [-0.05, 0) is 6.92 Å². The number of aliphatic hydroxyl groups is 1. The van der Waals surface area contributed by atoms with Crippen LogP contribution in [0.3, 0.4) is 0 Å². The summed E-state index contributed by atoms with van der Waals surface area (Å²) in [5.41, 5.74) is 0.592. The summed E-state index contributed by atoms with van der Waals surface area (Å²) in [4.78, 5) is 0. The van der Waals surface area contributed by atoms with Crippen molar-refractivity contribution in [2.75, 3.05) is 6.61 Å². The molecule has 0 spiro atoms. The predicted octanol–water partition coefficient (Wildman–Crippen LogP) is 0.176. The lowest BCUT2D eigenvalue weighted by Gasteiger charge is -2.04. The lowest BCUT2D eigenvalue weighted by molar-refractivity contribution is 0.0262. The van der Waals surface area contributed by atoms with Crippen LogP contribution < -0.4 is 0 Å². The number of ether oxygens (including phenoxy) is 1. The zero-order valence-corrected chi connectivity index (χ0v) is 5.42. The minimum atomic E-state index is -0.118. The summed E-state index contributed by atoms with van der Waals surface area (Å²) >= 11 is 0. The Morgan fingerprint density at radius 1 is 1.89 bits per heavy atom. The van der Waals surface area contributed by atoms with Gasteiger partial charge in [0, 0.05) is 12.1 Å². The Morgan fingerprint density at radius 2 is 2.56 bits per heavy atom. The van der Waals surface area contributed by atoms with E-state index >= 15 is 0 Å². The molecule has 1 aliphatic heterocycles. The van der Waals surface area contributed by atoms with Crippen molar-refractivity contribution >= 4 is 5.71 Å². The normalized spacial score (nSPS) is 35.6. The van der Waals surface area contributed by atoms with Crippen LogP contribution in [0.1, 0.15) is 13.3 Å². The van der Waals surface area contributed by atoms with Gasteiger partial charge < -0.3 is 15.3 Å². The highest BCUT2D eigenvalue weighted by molar-refractivity contribution is 5.87. The Morgan fingerprint density at radius 3 is 2.78 bits per heavy atom. The number of nitrogens with one attached hydrogen (secondary N) is 1. The van der Waals surface area contributed by atoms with Gasteiger partial charge in [0.2, 0.25) is 0 Å². The molecule has 1 heterocycles. The molecule has 0 saturated carbocycles. The topological polar surface area (TPSA) is 53.3 Å². The van der Waals surface area contributed by atoms with Gasteiger partial charge in [0.25, 0.3) is 0 Å². The van der Waals surface area contributed by atoms with Crippen LogP contribution in [0, 0.1) is 5.41 Å².